The van der Waals surface area contributed by atoms with Crippen molar-refractivity contribution in [3.8, 4) is 23.2 Å². The lowest BCUT2D eigenvalue weighted by atomic mass is 9.98. The molecule has 1 aliphatic heterocycles. The average Bonchev–Trinajstić information content (AvgIpc) is 3.14. The van der Waals surface area contributed by atoms with E-state index in [9.17, 15) is 15.0 Å². The number of rotatable bonds is 10. The van der Waals surface area contributed by atoms with Crippen LogP contribution in [0.5, 0.6) is 17.5 Å². The fraction of sp³-hybridized carbons (Fsp3) is 0.393. The summed E-state index contributed by atoms with van der Waals surface area (Å²) in [5.74, 6) is 0.514. The van der Waals surface area contributed by atoms with Gasteiger partial charge in [0.05, 0.1) is 24.5 Å². The van der Waals surface area contributed by atoms with Gasteiger partial charge in [0.2, 0.25) is 5.88 Å². The summed E-state index contributed by atoms with van der Waals surface area (Å²) in [6.45, 7) is 5.74. The van der Waals surface area contributed by atoms with Crippen LogP contribution in [0, 0.1) is 12.8 Å². The molecule has 7 nitrogen and oxygen atoms in total. The number of esters is 1. The topological polar surface area (TPSA) is 84.2 Å². The van der Waals surface area contributed by atoms with Crippen LogP contribution in [-0.4, -0.2) is 58.5 Å². The first-order valence-electron chi connectivity index (χ1n) is 12.3. The van der Waals surface area contributed by atoms with Crippen LogP contribution in [0.4, 0.5) is 0 Å². The van der Waals surface area contributed by atoms with Crippen molar-refractivity contribution in [1.29, 1.82) is 0 Å². The van der Waals surface area contributed by atoms with Gasteiger partial charge >= 0.3 is 5.97 Å². The van der Waals surface area contributed by atoms with Gasteiger partial charge in [-0.3, -0.25) is 4.57 Å². The molecule has 2 N–H and O–H groups in total. The molecular weight excluding hydrogens is 444 g/mol. The van der Waals surface area contributed by atoms with Crippen molar-refractivity contribution in [3.63, 3.8) is 0 Å². The van der Waals surface area contributed by atoms with E-state index in [0.29, 0.717) is 30.0 Å². The molecule has 0 spiro atoms. The molecule has 1 atom stereocenters. The fourth-order valence-electron chi connectivity index (χ4n) is 4.59. The quantitative estimate of drug-likeness (QED) is 0.318. The summed E-state index contributed by atoms with van der Waals surface area (Å²) in [7, 11) is 0. The van der Waals surface area contributed by atoms with Crippen LogP contribution in [0.1, 0.15) is 41.6 Å². The van der Waals surface area contributed by atoms with Gasteiger partial charge in [-0.1, -0.05) is 30.3 Å². The summed E-state index contributed by atoms with van der Waals surface area (Å²) in [6.07, 6.45) is 4.18. The molecule has 0 saturated carbocycles. The van der Waals surface area contributed by atoms with Crippen LogP contribution in [0.2, 0.25) is 0 Å². The molecule has 0 radical (unpaired) electrons. The smallest absolute Gasteiger partial charge is 0.340 e. The molecule has 2 heterocycles. The molecule has 1 fully saturated rings. The summed E-state index contributed by atoms with van der Waals surface area (Å²) < 4.78 is 12.7. The minimum absolute atomic E-state index is 0.0974. The van der Waals surface area contributed by atoms with Gasteiger partial charge in [-0.25, -0.2) is 4.79 Å². The fourth-order valence-corrected chi connectivity index (χ4v) is 4.59. The van der Waals surface area contributed by atoms with E-state index in [1.54, 1.807) is 31.2 Å². The van der Waals surface area contributed by atoms with Gasteiger partial charge in [0, 0.05) is 24.1 Å². The second kappa shape index (κ2) is 11.8. The van der Waals surface area contributed by atoms with E-state index in [0.717, 1.165) is 51.1 Å². The maximum absolute atomic E-state index is 12.9. The van der Waals surface area contributed by atoms with Gasteiger partial charge in [-0.2, -0.15) is 0 Å². The highest BCUT2D eigenvalue weighted by Crippen LogP contribution is 2.32. The van der Waals surface area contributed by atoms with Crippen molar-refractivity contribution in [3.05, 3.63) is 71.8 Å². The maximum atomic E-state index is 12.9. The number of likely N-dealkylation sites (tertiary alicyclic amines) is 1. The molecule has 1 aromatic heterocycles. The number of aromatic hydroxyl groups is 2. The summed E-state index contributed by atoms with van der Waals surface area (Å²) in [6, 6.07) is 18.2. The van der Waals surface area contributed by atoms with Gasteiger partial charge in [-0.15, -0.1) is 0 Å². The Morgan fingerprint density at radius 2 is 1.83 bits per heavy atom. The first-order chi connectivity index (χ1) is 17.0. The van der Waals surface area contributed by atoms with E-state index < -0.39 is 5.97 Å². The third-order valence-corrected chi connectivity index (χ3v) is 6.44. The molecule has 4 rings (SSSR count). The molecular formula is C28H34N2O5. The van der Waals surface area contributed by atoms with E-state index in [-0.39, 0.29) is 17.7 Å². The highest BCUT2D eigenvalue weighted by Gasteiger charge is 2.23. The molecule has 0 bridgehead atoms. The van der Waals surface area contributed by atoms with Crippen molar-refractivity contribution in [2.24, 2.45) is 5.92 Å². The van der Waals surface area contributed by atoms with Gasteiger partial charge in [0.25, 0.3) is 0 Å². The number of para-hydroxylation sites is 2. The summed E-state index contributed by atoms with van der Waals surface area (Å²) in [4.78, 5) is 15.4. The number of benzene rings is 2. The number of aryl methyl sites for hydroxylation is 1. The van der Waals surface area contributed by atoms with Crippen molar-refractivity contribution in [1.82, 2.24) is 9.47 Å². The standard InChI is InChI=1S/C28H34N2O5/c1-21-18-26(31)30(27(21)32)25-14-6-5-13-24(25)28(33)35-20-22-10-9-16-29(19-22)15-7-8-17-34-23-11-3-2-4-12-23/h2-6,11-14,18,22,31-32H,7-10,15-17,19-20H2,1H3. The highest BCUT2D eigenvalue weighted by atomic mass is 16.5. The van der Waals surface area contributed by atoms with Gasteiger partial charge in [0.1, 0.15) is 5.75 Å². The highest BCUT2D eigenvalue weighted by molar-refractivity contribution is 5.93. The molecule has 35 heavy (non-hydrogen) atoms. The number of ether oxygens (including phenoxy) is 2. The largest absolute Gasteiger partial charge is 0.494 e. The number of unbranched alkanes of at least 4 members (excludes halogenated alkanes) is 1. The predicted octanol–water partition coefficient (Wildman–Crippen LogP) is 4.92. The lowest BCUT2D eigenvalue weighted by Crippen LogP contribution is -2.38. The van der Waals surface area contributed by atoms with Gasteiger partial charge in [-0.05, 0) is 70.0 Å². The molecule has 1 aliphatic rings. The lowest BCUT2D eigenvalue weighted by molar-refractivity contribution is 0.0352. The zero-order valence-corrected chi connectivity index (χ0v) is 20.2. The van der Waals surface area contributed by atoms with Crippen molar-refractivity contribution in [2.75, 3.05) is 32.8 Å². The summed E-state index contributed by atoms with van der Waals surface area (Å²) >= 11 is 0. The minimum Gasteiger partial charge on any atom is -0.494 e. The third kappa shape index (κ3) is 6.36. The predicted molar refractivity (Wildman–Crippen MR) is 134 cm³/mol. The Morgan fingerprint density at radius 1 is 1.06 bits per heavy atom. The SMILES string of the molecule is Cc1cc(O)n(-c2ccccc2C(=O)OCC2CCCN(CCCCOc3ccccc3)C2)c1O. The Kier molecular flexibility index (Phi) is 8.32. The Balaban J connectivity index is 1.25. The zero-order chi connectivity index (χ0) is 24.6. The molecule has 1 unspecified atom stereocenters. The number of carbonyl (C=O) groups is 1. The van der Waals surface area contributed by atoms with E-state index in [4.69, 9.17) is 9.47 Å². The molecule has 186 valence electrons. The normalized spacial score (nSPS) is 16.2. The van der Waals surface area contributed by atoms with Crippen LogP contribution in [0.25, 0.3) is 5.69 Å². The molecule has 1 saturated heterocycles. The molecule has 2 aromatic carbocycles. The second-order valence-electron chi connectivity index (χ2n) is 9.14. The third-order valence-electron chi connectivity index (χ3n) is 6.44. The number of carbonyl (C=O) groups excluding carboxylic acids is 1. The van der Waals surface area contributed by atoms with E-state index in [1.165, 1.54) is 10.6 Å². The monoisotopic (exact) mass is 478 g/mol. The van der Waals surface area contributed by atoms with E-state index >= 15 is 0 Å². The van der Waals surface area contributed by atoms with E-state index in [1.807, 2.05) is 30.3 Å². The van der Waals surface area contributed by atoms with Crippen LogP contribution in [0.3, 0.4) is 0 Å². The first-order valence-corrected chi connectivity index (χ1v) is 12.3. The first kappa shape index (κ1) is 24.7. The maximum Gasteiger partial charge on any atom is 0.340 e. The Morgan fingerprint density at radius 3 is 2.60 bits per heavy atom. The molecule has 3 aromatic rings. The minimum atomic E-state index is -0.457. The van der Waals surface area contributed by atoms with Crippen LogP contribution in [-0.2, 0) is 4.74 Å². The summed E-state index contributed by atoms with van der Waals surface area (Å²) in [5, 5.41) is 20.6. The number of hydrogen-bond acceptors (Lipinski definition) is 6. The Bertz CT molecular complexity index is 1110. The van der Waals surface area contributed by atoms with Gasteiger partial charge < -0.3 is 24.6 Å². The second-order valence-corrected chi connectivity index (χ2v) is 9.14. The molecule has 7 heteroatoms. The van der Waals surface area contributed by atoms with Crippen LogP contribution >= 0.6 is 0 Å². The molecule has 0 aliphatic carbocycles. The van der Waals surface area contributed by atoms with Gasteiger partial charge in [0.15, 0.2) is 5.88 Å². The number of aromatic nitrogens is 1. The Hall–Kier alpha value is -3.45. The summed E-state index contributed by atoms with van der Waals surface area (Å²) in [5.41, 5.74) is 1.22. The van der Waals surface area contributed by atoms with Crippen molar-refractivity contribution >= 4 is 5.97 Å². The zero-order valence-electron chi connectivity index (χ0n) is 20.2. The number of hydrogen-bond donors (Lipinski definition) is 2. The van der Waals surface area contributed by atoms with Crippen molar-refractivity contribution < 1.29 is 24.5 Å². The molecule has 0 amide bonds. The number of nitrogens with zero attached hydrogens (tertiary/aromatic N) is 2. The van der Waals surface area contributed by atoms with E-state index in [2.05, 4.69) is 4.90 Å². The van der Waals surface area contributed by atoms with Crippen molar-refractivity contribution in [2.45, 2.75) is 32.6 Å². The van der Waals surface area contributed by atoms with Crippen LogP contribution in [0.15, 0.2) is 60.7 Å². The lowest BCUT2D eigenvalue weighted by Gasteiger charge is -2.32. The van der Waals surface area contributed by atoms with Crippen LogP contribution < -0.4 is 4.74 Å². The Labute approximate surface area is 206 Å². The average molecular weight is 479 g/mol. The number of piperidine rings is 1.